The minimum Gasteiger partial charge on any atom is -0.370 e. The van der Waals surface area contributed by atoms with Crippen LogP contribution in [0, 0.1) is 0 Å². The zero-order valence-corrected chi connectivity index (χ0v) is 12.5. The molecule has 0 saturated carbocycles. The Labute approximate surface area is 116 Å². The first kappa shape index (κ1) is 13.9. The molecule has 2 aromatic rings. The summed E-state index contributed by atoms with van der Waals surface area (Å²) in [5.74, 6) is 0.545. The van der Waals surface area contributed by atoms with Crippen LogP contribution < -0.4 is 4.90 Å². The highest BCUT2D eigenvalue weighted by atomic mass is 15.1. The largest absolute Gasteiger partial charge is 0.370 e. The van der Waals surface area contributed by atoms with Gasteiger partial charge in [-0.15, -0.1) is 0 Å². The van der Waals surface area contributed by atoms with Gasteiger partial charge in [0.15, 0.2) is 0 Å². The van der Waals surface area contributed by atoms with E-state index in [-0.39, 0.29) is 0 Å². The van der Waals surface area contributed by atoms with Crippen molar-refractivity contribution in [3.63, 3.8) is 0 Å². The average Bonchev–Trinajstić information content (AvgIpc) is 2.43. The lowest BCUT2D eigenvalue weighted by atomic mass is 9.99. The summed E-state index contributed by atoms with van der Waals surface area (Å²) in [6.45, 7) is 11.1. The summed E-state index contributed by atoms with van der Waals surface area (Å²) in [4.78, 5) is 7.02. The molecule has 2 rings (SSSR count). The van der Waals surface area contributed by atoms with Crippen molar-refractivity contribution in [3.8, 4) is 0 Å². The molecule has 1 heterocycles. The summed E-state index contributed by atoms with van der Waals surface area (Å²) in [5, 5.41) is 1.25. The van der Waals surface area contributed by atoms with Crippen LogP contribution in [0.3, 0.4) is 0 Å². The number of rotatable bonds is 5. The van der Waals surface area contributed by atoms with E-state index >= 15 is 0 Å². The Balaban J connectivity index is 2.61. The molecule has 0 aliphatic heterocycles. The highest BCUT2D eigenvalue weighted by molar-refractivity contribution is 5.91. The Hall–Kier alpha value is -1.57. The molecule has 0 amide bonds. The molecule has 19 heavy (non-hydrogen) atoms. The molecule has 0 saturated heterocycles. The summed E-state index contributed by atoms with van der Waals surface area (Å²) < 4.78 is 0. The Morgan fingerprint density at radius 1 is 1.21 bits per heavy atom. The summed E-state index contributed by atoms with van der Waals surface area (Å²) in [5.41, 5.74) is 3.80. The zero-order valence-electron chi connectivity index (χ0n) is 12.5. The number of hydrogen-bond donors (Lipinski definition) is 0. The quantitative estimate of drug-likeness (QED) is 0.777. The molecule has 0 fully saturated rings. The standard InChI is InChI=1S/C17H24N2/c1-5-10-19(6-2)16-12-15(13(3)4)11-14-8-7-9-18-17(14)16/h7-9,11-13H,5-6,10H2,1-4H3. The van der Waals surface area contributed by atoms with Gasteiger partial charge in [-0.2, -0.15) is 0 Å². The highest BCUT2D eigenvalue weighted by Gasteiger charge is 2.12. The van der Waals surface area contributed by atoms with Crippen molar-refractivity contribution < 1.29 is 0 Å². The molecular weight excluding hydrogens is 232 g/mol. The first-order valence-corrected chi connectivity index (χ1v) is 7.31. The van der Waals surface area contributed by atoms with Crippen LogP contribution in [0.5, 0.6) is 0 Å². The first-order chi connectivity index (χ1) is 9.17. The Kier molecular flexibility index (Phi) is 4.41. The number of aromatic nitrogens is 1. The maximum atomic E-state index is 4.59. The summed E-state index contributed by atoms with van der Waals surface area (Å²) in [6.07, 6.45) is 3.05. The van der Waals surface area contributed by atoms with E-state index in [1.807, 2.05) is 12.3 Å². The monoisotopic (exact) mass is 256 g/mol. The Morgan fingerprint density at radius 3 is 2.63 bits per heavy atom. The molecular formula is C17H24N2. The van der Waals surface area contributed by atoms with Crippen molar-refractivity contribution in [1.29, 1.82) is 0 Å². The molecule has 0 radical (unpaired) electrons. The molecule has 0 spiro atoms. The van der Waals surface area contributed by atoms with Crippen LogP contribution in [0.1, 0.15) is 45.6 Å². The lowest BCUT2D eigenvalue weighted by Gasteiger charge is -2.25. The topological polar surface area (TPSA) is 16.1 Å². The van der Waals surface area contributed by atoms with Gasteiger partial charge in [0.05, 0.1) is 11.2 Å². The van der Waals surface area contributed by atoms with Gasteiger partial charge in [0.25, 0.3) is 0 Å². The average molecular weight is 256 g/mol. The number of nitrogens with zero attached hydrogens (tertiary/aromatic N) is 2. The van der Waals surface area contributed by atoms with Crippen molar-refractivity contribution in [2.45, 2.75) is 40.0 Å². The van der Waals surface area contributed by atoms with Crippen molar-refractivity contribution >= 4 is 16.6 Å². The van der Waals surface area contributed by atoms with E-state index in [2.05, 4.69) is 55.8 Å². The number of pyridine rings is 1. The fourth-order valence-electron chi connectivity index (χ4n) is 2.49. The molecule has 0 unspecified atom stereocenters. The molecule has 2 heteroatoms. The molecule has 2 nitrogen and oxygen atoms in total. The van der Waals surface area contributed by atoms with Crippen LogP contribution in [-0.4, -0.2) is 18.1 Å². The molecule has 0 N–H and O–H groups in total. The fourth-order valence-corrected chi connectivity index (χ4v) is 2.49. The summed E-state index contributed by atoms with van der Waals surface area (Å²) in [7, 11) is 0. The van der Waals surface area contributed by atoms with E-state index in [1.54, 1.807) is 0 Å². The van der Waals surface area contributed by atoms with Gasteiger partial charge in [-0.25, -0.2) is 0 Å². The van der Waals surface area contributed by atoms with Crippen LogP contribution in [-0.2, 0) is 0 Å². The van der Waals surface area contributed by atoms with E-state index in [4.69, 9.17) is 0 Å². The van der Waals surface area contributed by atoms with E-state index in [1.165, 1.54) is 16.6 Å². The van der Waals surface area contributed by atoms with Crippen LogP contribution in [0.2, 0.25) is 0 Å². The predicted octanol–water partition coefficient (Wildman–Crippen LogP) is 4.59. The van der Waals surface area contributed by atoms with Gasteiger partial charge in [0.2, 0.25) is 0 Å². The van der Waals surface area contributed by atoms with Gasteiger partial charge < -0.3 is 4.90 Å². The smallest absolute Gasteiger partial charge is 0.0935 e. The third-order valence-electron chi connectivity index (χ3n) is 3.59. The van der Waals surface area contributed by atoms with E-state index in [9.17, 15) is 0 Å². The first-order valence-electron chi connectivity index (χ1n) is 7.31. The molecule has 0 bridgehead atoms. The van der Waals surface area contributed by atoms with E-state index in [0.717, 1.165) is 25.0 Å². The highest BCUT2D eigenvalue weighted by Crippen LogP contribution is 2.30. The maximum Gasteiger partial charge on any atom is 0.0935 e. The number of anilines is 1. The van der Waals surface area contributed by atoms with Gasteiger partial charge in [0.1, 0.15) is 0 Å². The number of benzene rings is 1. The molecule has 0 aliphatic carbocycles. The van der Waals surface area contributed by atoms with Crippen LogP contribution in [0.15, 0.2) is 30.5 Å². The minimum absolute atomic E-state index is 0.545. The second-order valence-electron chi connectivity index (χ2n) is 5.35. The number of hydrogen-bond acceptors (Lipinski definition) is 2. The van der Waals surface area contributed by atoms with Gasteiger partial charge in [-0.1, -0.05) is 26.8 Å². The lowest BCUT2D eigenvalue weighted by molar-refractivity contribution is 0.790. The third kappa shape index (κ3) is 2.89. The van der Waals surface area contributed by atoms with Crippen molar-refractivity contribution in [2.75, 3.05) is 18.0 Å². The van der Waals surface area contributed by atoms with Gasteiger partial charge in [-0.05, 0) is 43.0 Å². The second kappa shape index (κ2) is 6.05. The SMILES string of the molecule is CCCN(CC)c1cc(C(C)C)cc2cccnc12. The summed E-state index contributed by atoms with van der Waals surface area (Å²) in [6, 6.07) is 8.78. The molecule has 0 atom stereocenters. The molecule has 1 aromatic carbocycles. The molecule has 0 aliphatic rings. The van der Waals surface area contributed by atoms with Crippen molar-refractivity contribution in [1.82, 2.24) is 4.98 Å². The summed E-state index contributed by atoms with van der Waals surface area (Å²) >= 11 is 0. The normalized spacial score (nSPS) is 11.2. The lowest BCUT2D eigenvalue weighted by Crippen LogP contribution is -2.24. The zero-order chi connectivity index (χ0) is 13.8. The Bertz CT molecular complexity index is 546. The Morgan fingerprint density at radius 2 is 2.00 bits per heavy atom. The third-order valence-corrected chi connectivity index (χ3v) is 3.59. The van der Waals surface area contributed by atoms with Crippen LogP contribution in [0.4, 0.5) is 5.69 Å². The van der Waals surface area contributed by atoms with Gasteiger partial charge in [-0.3, -0.25) is 4.98 Å². The fraction of sp³-hybridized carbons (Fsp3) is 0.471. The molecule has 102 valence electrons. The van der Waals surface area contributed by atoms with E-state index in [0.29, 0.717) is 5.92 Å². The van der Waals surface area contributed by atoms with Crippen LogP contribution >= 0.6 is 0 Å². The predicted molar refractivity (Wildman–Crippen MR) is 84.0 cm³/mol. The minimum atomic E-state index is 0.545. The molecule has 1 aromatic heterocycles. The van der Waals surface area contributed by atoms with Gasteiger partial charge >= 0.3 is 0 Å². The van der Waals surface area contributed by atoms with Gasteiger partial charge in [0, 0.05) is 24.7 Å². The van der Waals surface area contributed by atoms with Crippen molar-refractivity contribution in [3.05, 3.63) is 36.0 Å². The van der Waals surface area contributed by atoms with Crippen LogP contribution in [0.25, 0.3) is 10.9 Å². The number of fused-ring (bicyclic) bond motifs is 1. The maximum absolute atomic E-state index is 4.59. The van der Waals surface area contributed by atoms with Crippen molar-refractivity contribution in [2.24, 2.45) is 0 Å². The van der Waals surface area contributed by atoms with E-state index < -0.39 is 0 Å². The second-order valence-corrected chi connectivity index (χ2v) is 5.35.